The van der Waals surface area contributed by atoms with Crippen molar-refractivity contribution >= 4 is 28.6 Å². The van der Waals surface area contributed by atoms with E-state index in [4.69, 9.17) is 5.11 Å². The Kier molecular flexibility index (Phi) is 5.12. The van der Waals surface area contributed by atoms with Crippen LogP contribution in [0.3, 0.4) is 0 Å². The highest BCUT2D eigenvalue weighted by atomic mass is 32.1. The van der Waals surface area contributed by atoms with Gasteiger partial charge in [-0.25, -0.2) is 4.98 Å². The number of nitrogens with one attached hydrogen (secondary N) is 1. The first-order valence-electron chi connectivity index (χ1n) is 6.44. The zero-order chi connectivity index (χ0) is 15.4. The molecule has 110 valence electrons. The lowest BCUT2D eigenvalue weighted by Gasteiger charge is -2.09. The lowest BCUT2D eigenvalue weighted by atomic mass is 10.2. The molecule has 0 aliphatic carbocycles. The van der Waals surface area contributed by atoms with Gasteiger partial charge in [-0.2, -0.15) is 0 Å². The highest BCUT2D eigenvalue weighted by Gasteiger charge is 2.16. The molecule has 0 aromatic carbocycles. The van der Waals surface area contributed by atoms with Gasteiger partial charge in [0.05, 0.1) is 15.8 Å². The molecule has 1 unspecified atom stereocenters. The fourth-order valence-electron chi connectivity index (χ4n) is 1.74. The number of amides is 1. The Labute approximate surface area is 131 Å². The van der Waals surface area contributed by atoms with E-state index in [1.807, 2.05) is 26.8 Å². The Hall–Kier alpha value is -1.68. The summed E-state index contributed by atoms with van der Waals surface area (Å²) in [6.07, 6.45) is 1.81. The molecule has 2 heterocycles. The maximum Gasteiger partial charge on any atom is 0.261 e. The molecule has 2 aromatic heterocycles. The van der Waals surface area contributed by atoms with Crippen LogP contribution in [0.15, 0.2) is 12.3 Å². The van der Waals surface area contributed by atoms with Crippen molar-refractivity contribution in [3.8, 4) is 11.8 Å². The summed E-state index contributed by atoms with van der Waals surface area (Å²) in [5.41, 5.74) is 0.948. The molecule has 1 atom stereocenters. The molecule has 21 heavy (non-hydrogen) atoms. The van der Waals surface area contributed by atoms with Gasteiger partial charge < -0.3 is 10.4 Å². The van der Waals surface area contributed by atoms with Crippen LogP contribution in [-0.4, -0.2) is 22.6 Å². The number of carbonyl (C=O) groups excluding carboxylic acids is 1. The molecule has 0 spiro atoms. The minimum absolute atomic E-state index is 0.120. The number of hydrogen-bond acceptors (Lipinski definition) is 5. The smallest absolute Gasteiger partial charge is 0.261 e. The van der Waals surface area contributed by atoms with Crippen LogP contribution in [0.4, 0.5) is 0 Å². The van der Waals surface area contributed by atoms with Gasteiger partial charge in [0.15, 0.2) is 0 Å². The van der Waals surface area contributed by atoms with E-state index < -0.39 is 0 Å². The molecule has 2 aromatic rings. The molecule has 6 heteroatoms. The zero-order valence-corrected chi connectivity index (χ0v) is 13.7. The van der Waals surface area contributed by atoms with Gasteiger partial charge in [-0.1, -0.05) is 11.8 Å². The van der Waals surface area contributed by atoms with E-state index in [-0.39, 0.29) is 18.6 Å². The quantitative estimate of drug-likeness (QED) is 0.855. The Morgan fingerprint density at radius 2 is 2.24 bits per heavy atom. The highest BCUT2D eigenvalue weighted by molar-refractivity contribution is 7.14. The van der Waals surface area contributed by atoms with Crippen LogP contribution in [0.1, 0.15) is 43.0 Å². The summed E-state index contributed by atoms with van der Waals surface area (Å²) >= 11 is 2.92. The van der Waals surface area contributed by atoms with E-state index in [2.05, 4.69) is 22.1 Å². The third kappa shape index (κ3) is 3.91. The average molecular weight is 320 g/mol. The fraction of sp³-hybridized carbons (Fsp3) is 0.333. The normalized spacial score (nSPS) is 11.6. The predicted molar refractivity (Wildman–Crippen MR) is 85.8 cm³/mol. The van der Waals surface area contributed by atoms with Gasteiger partial charge in [0.1, 0.15) is 11.6 Å². The van der Waals surface area contributed by atoms with Gasteiger partial charge in [-0.15, -0.1) is 22.7 Å². The number of nitrogens with zero attached hydrogens (tertiary/aromatic N) is 1. The summed E-state index contributed by atoms with van der Waals surface area (Å²) in [5, 5.41) is 12.6. The summed E-state index contributed by atoms with van der Waals surface area (Å²) in [7, 11) is 0. The van der Waals surface area contributed by atoms with Crippen LogP contribution in [0, 0.1) is 25.7 Å². The number of thiazole rings is 1. The van der Waals surface area contributed by atoms with E-state index in [1.54, 1.807) is 17.5 Å². The van der Waals surface area contributed by atoms with Crippen molar-refractivity contribution in [3.05, 3.63) is 37.5 Å². The second-order valence-electron chi connectivity index (χ2n) is 4.59. The van der Waals surface area contributed by atoms with E-state index >= 15 is 0 Å². The SMILES string of the molecule is Cc1cnc(C(C)NC(=O)c2cc(C)c(C#CCO)s2)s1. The zero-order valence-electron chi connectivity index (χ0n) is 12.1. The average Bonchev–Trinajstić information content (AvgIpc) is 3.03. The molecule has 2 N–H and O–H groups in total. The lowest BCUT2D eigenvalue weighted by molar-refractivity contribution is 0.0944. The van der Waals surface area contributed by atoms with Crippen LogP contribution in [0.2, 0.25) is 0 Å². The summed E-state index contributed by atoms with van der Waals surface area (Å²) in [5.74, 6) is 5.33. The largest absolute Gasteiger partial charge is 0.384 e. The van der Waals surface area contributed by atoms with Crippen molar-refractivity contribution in [2.45, 2.75) is 26.8 Å². The van der Waals surface area contributed by atoms with Gasteiger partial charge in [0.2, 0.25) is 0 Å². The van der Waals surface area contributed by atoms with Crippen molar-refractivity contribution in [1.29, 1.82) is 0 Å². The number of carbonyl (C=O) groups is 1. The van der Waals surface area contributed by atoms with Crippen LogP contribution in [-0.2, 0) is 0 Å². The maximum atomic E-state index is 12.3. The summed E-state index contributed by atoms with van der Waals surface area (Å²) < 4.78 is 0. The topological polar surface area (TPSA) is 62.2 Å². The Morgan fingerprint density at radius 1 is 1.48 bits per heavy atom. The van der Waals surface area contributed by atoms with Crippen LogP contribution >= 0.6 is 22.7 Å². The second-order valence-corrected chi connectivity index (χ2v) is 6.91. The fourth-order valence-corrected chi connectivity index (χ4v) is 3.47. The van der Waals surface area contributed by atoms with Gasteiger partial charge in [-0.3, -0.25) is 4.79 Å². The number of rotatable bonds is 3. The number of hydrogen-bond donors (Lipinski definition) is 2. The molecular formula is C15H16N2O2S2. The molecule has 0 saturated heterocycles. The number of aliphatic hydroxyl groups excluding tert-OH is 1. The second kappa shape index (κ2) is 6.85. The number of thiophene rings is 1. The number of aryl methyl sites for hydroxylation is 2. The molecule has 4 nitrogen and oxygen atoms in total. The minimum Gasteiger partial charge on any atom is -0.384 e. The summed E-state index contributed by atoms with van der Waals surface area (Å²) in [6, 6.07) is 1.70. The molecule has 0 radical (unpaired) electrons. The van der Waals surface area contributed by atoms with Crippen molar-refractivity contribution in [2.24, 2.45) is 0 Å². The van der Waals surface area contributed by atoms with Crippen LogP contribution in [0.5, 0.6) is 0 Å². The number of aromatic nitrogens is 1. The van der Waals surface area contributed by atoms with Gasteiger partial charge in [0, 0.05) is 11.1 Å². The molecule has 0 aliphatic heterocycles. The van der Waals surface area contributed by atoms with Crippen molar-refractivity contribution in [2.75, 3.05) is 6.61 Å². The Morgan fingerprint density at radius 3 is 2.86 bits per heavy atom. The van der Waals surface area contributed by atoms with Crippen molar-refractivity contribution in [1.82, 2.24) is 10.3 Å². The summed E-state index contributed by atoms with van der Waals surface area (Å²) in [4.78, 5) is 19.1. The molecule has 0 fully saturated rings. The first kappa shape index (κ1) is 15.7. The van der Waals surface area contributed by atoms with E-state index in [0.717, 1.165) is 20.3 Å². The van der Waals surface area contributed by atoms with E-state index in [0.29, 0.717) is 4.88 Å². The van der Waals surface area contributed by atoms with Crippen LogP contribution < -0.4 is 5.32 Å². The molecule has 0 aliphatic rings. The van der Waals surface area contributed by atoms with Gasteiger partial charge in [-0.05, 0) is 32.4 Å². The third-order valence-corrected chi connectivity index (χ3v) is 5.03. The van der Waals surface area contributed by atoms with E-state index in [9.17, 15) is 4.79 Å². The highest BCUT2D eigenvalue weighted by Crippen LogP contribution is 2.23. The first-order valence-corrected chi connectivity index (χ1v) is 8.08. The van der Waals surface area contributed by atoms with E-state index in [1.165, 1.54) is 11.3 Å². The predicted octanol–water partition coefficient (Wildman–Crippen LogP) is 2.66. The minimum atomic E-state index is -0.181. The number of aliphatic hydroxyl groups is 1. The van der Waals surface area contributed by atoms with Crippen LogP contribution in [0.25, 0.3) is 0 Å². The van der Waals surface area contributed by atoms with Gasteiger partial charge >= 0.3 is 0 Å². The maximum absolute atomic E-state index is 12.3. The first-order chi connectivity index (χ1) is 10.0. The molecule has 0 bridgehead atoms. The Bertz CT molecular complexity index is 707. The standard InChI is InChI=1S/C15H16N2O2S2/c1-9-7-13(21-12(9)5-4-6-18)14(19)17-11(3)15-16-8-10(2)20-15/h7-8,11,18H,6H2,1-3H3,(H,17,19). The lowest BCUT2D eigenvalue weighted by Crippen LogP contribution is -2.25. The molecule has 2 rings (SSSR count). The third-order valence-electron chi connectivity index (χ3n) is 2.78. The molecule has 1 amide bonds. The monoisotopic (exact) mass is 320 g/mol. The van der Waals surface area contributed by atoms with Gasteiger partial charge in [0.25, 0.3) is 5.91 Å². The summed E-state index contributed by atoms with van der Waals surface area (Å²) in [6.45, 7) is 5.63. The molecular weight excluding hydrogens is 304 g/mol. The van der Waals surface area contributed by atoms with Crippen molar-refractivity contribution < 1.29 is 9.90 Å². The van der Waals surface area contributed by atoms with Crippen molar-refractivity contribution in [3.63, 3.8) is 0 Å². The molecule has 0 saturated carbocycles. The Balaban J connectivity index is 2.10.